The minimum absolute atomic E-state index is 0.172. The van der Waals surface area contributed by atoms with Crippen LogP contribution in [0.3, 0.4) is 0 Å². The summed E-state index contributed by atoms with van der Waals surface area (Å²) in [6.07, 6.45) is 0. The van der Waals surface area contributed by atoms with Crippen molar-refractivity contribution in [3.63, 3.8) is 0 Å². The topological polar surface area (TPSA) is 50.4 Å². The van der Waals surface area contributed by atoms with Crippen molar-refractivity contribution in [3.8, 4) is 5.75 Å². The predicted molar refractivity (Wildman–Crippen MR) is 92.3 cm³/mol. The molecule has 0 bridgehead atoms. The summed E-state index contributed by atoms with van der Waals surface area (Å²) in [5.41, 5.74) is 2.12. The molecule has 0 spiro atoms. The van der Waals surface area contributed by atoms with E-state index in [1.807, 2.05) is 54.6 Å². The second-order valence-corrected chi connectivity index (χ2v) is 5.87. The molecule has 0 radical (unpaired) electrons. The number of nitrogens with one attached hydrogen (secondary N) is 2. The SMILES string of the molecule is CC(C)COc1ccc(CNC(=O)NCc2ccccc2)cc1. The van der Waals surface area contributed by atoms with E-state index in [-0.39, 0.29) is 6.03 Å². The van der Waals surface area contributed by atoms with Gasteiger partial charge < -0.3 is 15.4 Å². The highest BCUT2D eigenvalue weighted by Crippen LogP contribution is 2.13. The number of hydrogen-bond donors (Lipinski definition) is 2. The number of hydrogen-bond acceptors (Lipinski definition) is 2. The Hall–Kier alpha value is -2.49. The van der Waals surface area contributed by atoms with Gasteiger partial charge in [-0.2, -0.15) is 0 Å². The smallest absolute Gasteiger partial charge is 0.315 e. The van der Waals surface area contributed by atoms with Crippen LogP contribution < -0.4 is 15.4 Å². The molecule has 0 fully saturated rings. The molecule has 2 amide bonds. The van der Waals surface area contributed by atoms with E-state index in [0.29, 0.717) is 25.6 Å². The van der Waals surface area contributed by atoms with Gasteiger partial charge in [0.25, 0.3) is 0 Å². The Morgan fingerprint density at radius 3 is 2.04 bits per heavy atom. The Morgan fingerprint density at radius 1 is 0.913 bits per heavy atom. The second-order valence-electron chi connectivity index (χ2n) is 5.87. The summed E-state index contributed by atoms with van der Waals surface area (Å²) in [6, 6.07) is 17.5. The van der Waals surface area contributed by atoms with Crippen LogP contribution in [0.4, 0.5) is 4.79 Å². The maximum Gasteiger partial charge on any atom is 0.315 e. The van der Waals surface area contributed by atoms with Crippen molar-refractivity contribution in [2.45, 2.75) is 26.9 Å². The molecule has 0 aliphatic carbocycles. The minimum atomic E-state index is -0.172. The lowest BCUT2D eigenvalue weighted by Gasteiger charge is -2.10. The number of carbonyl (C=O) groups excluding carboxylic acids is 1. The molecule has 2 aromatic carbocycles. The van der Waals surface area contributed by atoms with Crippen molar-refractivity contribution >= 4 is 6.03 Å². The summed E-state index contributed by atoms with van der Waals surface area (Å²) in [6.45, 7) is 5.96. The van der Waals surface area contributed by atoms with Crippen molar-refractivity contribution < 1.29 is 9.53 Å². The molecule has 2 N–H and O–H groups in total. The normalized spacial score (nSPS) is 10.4. The van der Waals surface area contributed by atoms with Gasteiger partial charge in [0.05, 0.1) is 6.61 Å². The van der Waals surface area contributed by atoms with E-state index in [1.165, 1.54) is 0 Å². The van der Waals surface area contributed by atoms with Gasteiger partial charge in [0, 0.05) is 13.1 Å². The summed E-state index contributed by atoms with van der Waals surface area (Å²) in [5, 5.41) is 5.69. The summed E-state index contributed by atoms with van der Waals surface area (Å²) in [5.74, 6) is 1.36. The Morgan fingerprint density at radius 2 is 1.48 bits per heavy atom. The minimum Gasteiger partial charge on any atom is -0.493 e. The fourth-order valence-corrected chi connectivity index (χ4v) is 1.99. The van der Waals surface area contributed by atoms with Crippen LogP contribution in [0.2, 0.25) is 0 Å². The Kier molecular flexibility index (Phi) is 6.48. The highest BCUT2D eigenvalue weighted by Gasteiger charge is 2.02. The molecule has 0 unspecified atom stereocenters. The molecule has 4 heteroatoms. The Labute approximate surface area is 137 Å². The van der Waals surface area contributed by atoms with E-state index in [1.54, 1.807) is 0 Å². The van der Waals surface area contributed by atoms with Gasteiger partial charge in [-0.3, -0.25) is 0 Å². The number of rotatable bonds is 7. The molecule has 0 atom stereocenters. The summed E-state index contributed by atoms with van der Waals surface area (Å²) >= 11 is 0. The van der Waals surface area contributed by atoms with Crippen LogP contribution >= 0.6 is 0 Å². The first-order valence-corrected chi connectivity index (χ1v) is 7.91. The van der Waals surface area contributed by atoms with Gasteiger partial charge in [0.2, 0.25) is 0 Å². The van der Waals surface area contributed by atoms with E-state index >= 15 is 0 Å². The van der Waals surface area contributed by atoms with Crippen LogP contribution in [0.15, 0.2) is 54.6 Å². The van der Waals surface area contributed by atoms with Crippen LogP contribution in [0.5, 0.6) is 5.75 Å². The lowest BCUT2D eigenvalue weighted by atomic mass is 10.2. The predicted octanol–water partition coefficient (Wildman–Crippen LogP) is 3.72. The van der Waals surface area contributed by atoms with Gasteiger partial charge in [-0.1, -0.05) is 56.3 Å². The third kappa shape index (κ3) is 6.43. The van der Waals surface area contributed by atoms with Crippen LogP contribution in [0.1, 0.15) is 25.0 Å². The summed E-state index contributed by atoms with van der Waals surface area (Å²) in [4.78, 5) is 11.8. The van der Waals surface area contributed by atoms with Crippen molar-refractivity contribution in [3.05, 3.63) is 65.7 Å². The molecule has 0 saturated carbocycles. The van der Waals surface area contributed by atoms with Gasteiger partial charge in [0.1, 0.15) is 5.75 Å². The maximum atomic E-state index is 11.8. The average molecular weight is 312 g/mol. The molecule has 0 saturated heterocycles. The number of carbonyl (C=O) groups is 1. The fourth-order valence-electron chi connectivity index (χ4n) is 1.99. The molecule has 2 rings (SSSR count). The Bertz CT molecular complexity index is 595. The lowest BCUT2D eigenvalue weighted by molar-refractivity contribution is 0.240. The quantitative estimate of drug-likeness (QED) is 0.818. The van der Waals surface area contributed by atoms with Gasteiger partial charge in [-0.15, -0.1) is 0 Å². The van der Waals surface area contributed by atoms with Gasteiger partial charge in [0.15, 0.2) is 0 Å². The van der Waals surface area contributed by atoms with E-state index in [9.17, 15) is 4.79 Å². The maximum absolute atomic E-state index is 11.8. The number of benzene rings is 2. The molecule has 0 aromatic heterocycles. The van der Waals surface area contributed by atoms with Gasteiger partial charge in [-0.25, -0.2) is 4.79 Å². The Balaban J connectivity index is 1.71. The lowest BCUT2D eigenvalue weighted by Crippen LogP contribution is -2.34. The molecule has 0 heterocycles. The molecule has 0 aliphatic heterocycles. The van der Waals surface area contributed by atoms with Crippen molar-refractivity contribution in [2.24, 2.45) is 5.92 Å². The van der Waals surface area contributed by atoms with Gasteiger partial charge in [-0.05, 0) is 29.2 Å². The number of amides is 2. The van der Waals surface area contributed by atoms with Crippen LogP contribution in [-0.2, 0) is 13.1 Å². The van der Waals surface area contributed by atoms with Crippen molar-refractivity contribution in [1.29, 1.82) is 0 Å². The number of urea groups is 1. The van der Waals surface area contributed by atoms with E-state index < -0.39 is 0 Å². The van der Waals surface area contributed by atoms with Gasteiger partial charge >= 0.3 is 6.03 Å². The molecular formula is C19H24N2O2. The largest absolute Gasteiger partial charge is 0.493 e. The first kappa shape index (κ1) is 16.9. The third-order valence-corrected chi connectivity index (χ3v) is 3.26. The molecule has 0 aliphatic rings. The zero-order valence-electron chi connectivity index (χ0n) is 13.7. The van der Waals surface area contributed by atoms with Crippen LogP contribution in [0.25, 0.3) is 0 Å². The molecule has 23 heavy (non-hydrogen) atoms. The number of ether oxygens (including phenoxy) is 1. The fraction of sp³-hybridized carbons (Fsp3) is 0.316. The van der Waals surface area contributed by atoms with Crippen molar-refractivity contribution in [2.75, 3.05) is 6.61 Å². The third-order valence-electron chi connectivity index (χ3n) is 3.26. The monoisotopic (exact) mass is 312 g/mol. The molecule has 122 valence electrons. The molecule has 2 aromatic rings. The average Bonchev–Trinajstić information content (AvgIpc) is 2.58. The second kappa shape index (κ2) is 8.83. The molecular weight excluding hydrogens is 288 g/mol. The summed E-state index contributed by atoms with van der Waals surface area (Å²) < 4.78 is 5.64. The first-order valence-electron chi connectivity index (χ1n) is 7.91. The zero-order valence-corrected chi connectivity index (χ0v) is 13.7. The van der Waals surface area contributed by atoms with E-state index in [0.717, 1.165) is 16.9 Å². The van der Waals surface area contributed by atoms with E-state index in [2.05, 4.69) is 24.5 Å². The van der Waals surface area contributed by atoms with Crippen LogP contribution in [-0.4, -0.2) is 12.6 Å². The zero-order chi connectivity index (χ0) is 16.5. The standard InChI is InChI=1S/C19H24N2O2/c1-15(2)14-23-18-10-8-17(9-11-18)13-21-19(22)20-12-16-6-4-3-5-7-16/h3-11,15H,12-14H2,1-2H3,(H2,20,21,22). The highest BCUT2D eigenvalue weighted by atomic mass is 16.5. The highest BCUT2D eigenvalue weighted by molar-refractivity contribution is 5.73. The first-order chi connectivity index (χ1) is 11.1. The van der Waals surface area contributed by atoms with E-state index in [4.69, 9.17) is 4.74 Å². The van der Waals surface area contributed by atoms with Crippen molar-refractivity contribution in [1.82, 2.24) is 10.6 Å². The molecule has 4 nitrogen and oxygen atoms in total. The van der Waals surface area contributed by atoms with Crippen LogP contribution in [0, 0.1) is 5.92 Å². The summed E-state index contributed by atoms with van der Waals surface area (Å²) in [7, 11) is 0.